The fourth-order valence-corrected chi connectivity index (χ4v) is 1.28. The number of benzene rings is 1. The molecule has 1 rings (SSSR count). The summed E-state index contributed by atoms with van der Waals surface area (Å²) in [5.41, 5.74) is 5.46. The Morgan fingerprint density at radius 3 is 2.73 bits per heavy atom. The van der Waals surface area contributed by atoms with Gasteiger partial charge in [0.05, 0.1) is 10.0 Å². The van der Waals surface area contributed by atoms with Crippen LogP contribution in [0.2, 0.25) is 0 Å². The van der Waals surface area contributed by atoms with Gasteiger partial charge in [0, 0.05) is 6.54 Å². The van der Waals surface area contributed by atoms with Crippen molar-refractivity contribution in [2.24, 2.45) is 5.73 Å². The minimum Gasteiger partial charge on any atom is -0.491 e. The molecule has 84 valence electrons. The van der Waals surface area contributed by atoms with Crippen molar-refractivity contribution in [3.8, 4) is 5.75 Å². The molecular weight excluding hydrogens is 330 g/mol. The van der Waals surface area contributed by atoms with Crippen LogP contribution in [0.25, 0.3) is 0 Å². The average molecular weight is 341 g/mol. The molecule has 0 amide bonds. The second-order valence-corrected chi connectivity index (χ2v) is 3.44. The van der Waals surface area contributed by atoms with Gasteiger partial charge in [0.1, 0.15) is 12.4 Å². The number of nitrogens with two attached hydrogens (primary N) is 1. The molecule has 0 atom stereocenters. The molecule has 1 aromatic rings. The minimum absolute atomic E-state index is 0. The molecule has 6 heteroatoms. The normalized spacial score (nSPS) is 9.20. The quantitative estimate of drug-likeness (QED) is 0.880. The lowest BCUT2D eigenvalue weighted by Gasteiger charge is -2.07. The van der Waals surface area contributed by atoms with Gasteiger partial charge in [-0.05, 0) is 34.1 Å². The van der Waals surface area contributed by atoms with Crippen molar-refractivity contribution >= 4 is 38.9 Å². The summed E-state index contributed by atoms with van der Waals surface area (Å²) in [5.74, 6) is -0.481. The Hall–Kier alpha value is -0.590. The molecule has 0 aliphatic heterocycles. The van der Waals surface area contributed by atoms with E-state index in [-0.39, 0.29) is 22.5 Å². The predicted octanol–water partition coefficient (Wildman–Crippen LogP) is 2.06. The third-order valence-corrected chi connectivity index (χ3v) is 2.21. The fourth-order valence-electron chi connectivity index (χ4n) is 0.916. The number of hydrogen-bond donors (Lipinski definition) is 2. The Morgan fingerprint density at radius 2 is 2.20 bits per heavy atom. The van der Waals surface area contributed by atoms with Gasteiger partial charge in [0.15, 0.2) is 0 Å². The first-order valence-corrected chi connectivity index (χ1v) is 4.80. The van der Waals surface area contributed by atoms with E-state index in [4.69, 9.17) is 15.6 Å². The number of aromatic carboxylic acids is 1. The molecular formula is C9H11Br2NO3. The molecule has 0 bridgehead atoms. The molecule has 0 radical (unpaired) electrons. The fraction of sp³-hybridized carbons (Fsp3) is 0.222. The van der Waals surface area contributed by atoms with Crippen LogP contribution in [-0.2, 0) is 0 Å². The molecule has 0 saturated carbocycles. The van der Waals surface area contributed by atoms with Gasteiger partial charge in [0.2, 0.25) is 0 Å². The van der Waals surface area contributed by atoms with Crippen LogP contribution >= 0.6 is 32.9 Å². The van der Waals surface area contributed by atoms with Gasteiger partial charge >= 0.3 is 5.97 Å². The van der Waals surface area contributed by atoms with Crippen molar-refractivity contribution in [2.45, 2.75) is 0 Å². The Labute approximate surface area is 106 Å². The summed E-state index contributed by atoms with van der Waals surface area (Å²) in [6.07, 6.45) is 0. The number of ether oxygens (including phenoxy) is 1. The molecule has 0 saturated heterocycles. The van der Waals surface area contributed by atoms with Crippen molar-refractivity contribution in [2.75, 3.05) is 13.2 Å². The van der Waals surface area contributed by atoms with E-state index in [2.05, 4.69) is 15.9 Å². The lowest BCUT2D eigenvalue weighted by Crippen LogP contribution is -2.11. The molecule has 0 aliphatic rings. The number of rotatable bonds is 4. The van der Waals surface area contributed by atoms with Crippen LogP contribution in [-0.4, -0.2) is 24.2 Å². The van der Waals surface area contributed by atoms with Crippen LogP contribution in [0.1, 0.15) is 10.4 Å². The van der Waals surface area contributed by atoms with E-state index in [9.17, 15) is 4.79 Å². The van der Waals surface area contributed by atoms with Crippen molar-refractivity contribution in [1.82, 2.24) is 0 Å². The maximum absolute atomic E-state index is 10.6. The molecule has 0 fully saturated rings. The Morgan fingerprint density at radius 1 is 1.53 bits per heavy atom. The van der Waals surface area contributed by atoms with Crippen molar-refractivity contribution in [1.29, 1.82) is 0 Å². The summed E-state index contributed by atoms with van der Waals surface area (Å²) in [6.45, 7) is 0.755. The first-order valence-electron chi connectivity index (χ1n) is 4.01. The topological polar surface area (TPSA) is 72.5 Å². The summed E-state index contributed by atoms with van der Waals surface area (Å²) >= 11 is 3.25. The van der Waals surface area contributed by atoms with Crippen LogP contribution in [0.5, 0.6) is 5.75 Å². The molecule has 0 unspecified atom stereocenters. The third kappa shape index (κ3) is 4.19. The molecule has 0 heterocycles. The van der Waals surface area contributed by atoms with Gasteiger partial charge in [-0.2, -0.15) is 0 Å². The Kier molecular flexibility index (Phi) is 6.55. The van der Waals surface area contributed by atoms with Crippen LogP contribution in [0, 0.1) is 0 Å². The lowest BCUT2D eigenvalue weighted by molar-refractivity contribution is 0.0696. The first kappa shape index (κ1) is 14.4. The van der Waals surface area contributed by atoms with Gasteiger partial charge in [0.25, 0.3) is 0 Å². The molecule has 0 spiro atoms. The SMILES string of the molecule is Br.NCCOc1cc(C(=O)O)ccc1Br. The zero-order valence-corrected chi connectivity index (χ0v) is 11.1. The summed E-state index contributed by atoms with van der Waals surface area (Å²) in [7, 11) is 0. The van der Waals surface area contributed by atoms with Crippen LogP contribution < -0.4 is 10.5 Å². The van der Waals surface area contributed by atoms with Crippen LogP contribution in [0.4, 0.5) is 0 Å². The first-order chi connectivity index (χ1) is 6.65. The highest BCUT2D eigenvalue weighted by atomic mass is 79.9. The van der Waals surface area contributed by atoms with Gasteiger partial charge in [-0.3, -0.25) is 0 Å². The molecule has 15 heavy (non-hydrogen) atoms. The van der Waals surface area contributed by atoms with Crippen molar-refractivity contribution in [3.05, 3.63) is 28.2 Å². The maximum atomic E-state index is 10.6. The third-order valence-electron chi connectivity index (χ3n) is 1.55. The van der Waals surface area contributed by atoms with E-state index in [1.165, 1.54) is 12.1 Å². The van der Waals surface area contributed by atoms with Gasteiger partial charge in [-0.25, -0.2) is 4.79 Å². The number of carboxylic acid groups (broad SMARTS) is 1. The summed E-state index contributed by atoms with van der Waals surface area (Å²) in [4.78, 5) is 10.6. The molecule has 0 aromatic heterocycles. The lowest BCUT2D eigenvalue weighted by atomic mass is 10.2. The van der Waals surface area contributed by atoms with Crippen molar-refractivity contribution in [3.63, 3.8) is 0 Å². The predicted molar refractivity (Wildman–Crippen MR) is 66.0 cm³/mol. The maximum Gasteiger partial charge on any atom is 0.335 e. The Balaban J connectivity index is 0.00000196. The molecule has 3 N–H and O–H groups in total. The highest BCUT2D eigenvalue weighted by molar-refractivity contribution is 9.10. The van der Waals surface area contributed by atoms with Gasteiger partial charge < -0.3 is 15.6 Å². The summed E-state index contributed by atoms with van der Waals surface area (Å²) in [6, 6.07) is 4.60. The van der Waals surface area contributed by atoms with Gasteiger partial charge in [-0.15, -0.1) is 17.0 Å². The smallest absolute Gasteiger partial charge is 0.335 e. The zero-order valence-electron chi connectivity index (χ0n) is 7.77. The average Bonchev–Trinajstić information content (AvgIpc) is 2.16. The second kappa shape index (κ2) is 6.81. The number of halogens is 2. The summed E-state index contributed by atoms with van der Waals surface area (Å²) < 4.78 is 5.96. The Bertz CT molecular complexity index is 344. The largest absolute Gasteiger partial charge is 0.491 e. The molecule has 0 aliphatic carbocycles. The van der Waals surface area contributed by atoms with E-state index in [1.807, 2.05) is 0 Å². The standard InChI is InChI=1S/C9H10BrNO3.BrH/c10-7-2-1-6(9(12)13)5-8(7)14-4-3-11;/h1-2,5H,3-4,11H2,(H,12,13);1H. The molecule has 1 aromatic carbocycles. The number of hydrogen-bond acceptors (Lipinski definition) is 3. The number of carboxylic acids is 1. The van der Waals surface area contributed by atoms with Crippen LogP contribution in [0.3, 0.4) is 0 Å². The van der Waals surface area contributed by atoms with E-state index in [1.54, 1.807) is 6.07 Å². The molecule has 4 nitrogen and oxygen atoms in total. The van der Waals surface area contributed by atoms with Crippen molar-refractivity contribution < 1.29 is 14.6 Å². The van der Waals surface area contributed by atoms with Crippen LogP contribution in [0.15, 0.2) is 22.7 Å². The second-order valence-electron chi connectivity index (χ2n) is 2.59. The van der Waals surface area contributed by atoms with E-state index >= 15 is 0 Å². The van der Waals surface area contributed by atoms with E-state index < -0.39 is 5.97 Å². The minimum atomic E-state index is -0.977. The number of carbonyl (C=O) groups is 1. The highest BCUT2D eigenvalue weighted by Crippen LogP contribution is 2.25. The van der Waals surface area contributed by atoms with E-state index in [0.717, 1.165) is 4.47 Å². The zero-order chi connectivity index (χ0) is 10.6. The highest BCUT2D eigenvalue weighted by Gasteiger charge is 2.07. The monoisotopic (exact) mass is 339 g/mol. The van der Waals surface area contributed by atoms with E-state index in [0.29, 0.717) is 18.9 Å². The van der Waals surface area contributed by atoms with Gasteiger partial charge in [-0.1, -0.05) is 0 Å². The summed E-state index contributed by atoms with van der Waals surface area (Å²) in [5, 5.41) is 8.73.